The molecule has 0 amide bonds. The van der Waals surface area contributed by atoms with Gasteiger partial charge in [0.25, 0.3) is 0 Å². The zero-order valence-electron chi connectivity index (χ0n) is 17.0. The maximum atomic E-state index is 14.2. The molecule has 0 unspecified atom stereocenters. The molecular weight excluding hydrogens is 548 g/mol. The van der Waals surface area contributed by atoms with Crippen molar-refractivity contribution in [3.05, 3.63) is 56.1 Å². The molecule has 194 valence electrons. The molecule has 0 N–H and O–H groups in total. The fourth-order valence-electron chi connectivity index (χ4n) is 2.55. The van der Waals surface area contributed by atoms with Crippen LogP contribution in [0.25, 0.3) is 0 Å². The van der Waals surface area contributed by atoms with Gasteiger partial charge >= 0.3 is 29.6 Å². The van der Waals surface area contributed by atoms with Crippen LogP contribution in [0.15, 0.2) is 30.3 Å². The highest BCUT2D eigenvalue weighted by atomic mass is 35.5. The minimum absolute atomic E-state index is 0.0248. The molecule has 0 aliphatic rings. The predicted octanol–water partition coefficient (Wildman–Crippen LogP) is 8.41. The molecule has 0 bridgehead atoms. The summed E-state index contributed by atoms with van der Waals surface area (Å²) in [6, 6.07) is 2.92. The Bertz CT molecular complexity index is 1090. The first-order valence-corrected chi connectivity index (χ1v) is 9.92. The zero-order valence-corrected chi connectivity index (χ0v) is 18.6. The molecule has 0 spiro atoms. The molecule has 0 aliphatic carbocycles. The topological polar surface area (TPSA) is 61.6 Å². The van der Waals surface area contributed by atoms with E-state index in [0.717, 1.165) is 18.2 Å². The van der Waals surface area contributed by atoms with Crippen LogP contribution in [0.4, 0.5) is 45.2 Å². The summed E-state index contributed by atoms with van der Waals surface area (Å²) in [4.78, 5) is 10.3. The number of nitro groups is 1. The van der Waals surface area contributed by atoms with Crippen molar-refractivity contribution in [3.63, 3.8) is 0 Å². The molecule has 5 nitrogen and oxygen atoms in total. The number of halogens is 11. The summed E-state index contributed by atoms with van der Waals surface area (Å²) >= 11 is 11.4. The Kier molecular flexibility index (Phi) is 8.02. The third kappa shape index (κ3) is 5.32. The molecule has 0 heterocycles. The number of rotatable bonds is 9. The average molecular weight is 560 g/mol. The van der Waals surface area contributed by atoms with E-state index >= 15 is 0 Å². The number of benzene rings is 2. The number of ether oxygens (including phenoxy) is 2. The number of nitrogens with zero attached hydrogens (tertiary/aromatic N) is 1. The highest BCUT2D eigenvalue weighted by molar-refractivity contribution is 6.37. The van der Waals surface area contributed by atoms with Gasteiger partial charge in [-0.3, -0.25) is 10.1 Å². The molecule has 0 radical (unpaired) electrons. The molecule has 0 saturated heterocycles. The third-order valence-electron chi connectivity index (χ3n) is 4.32. The monoisotopic (exact) mass is 559 g/mol. The lowest BCUT2D eigenvalue weighted by atomic mass is 9.96. The maximum absolute atomic E-state index is 14.2. The van der Waals surface area contributed by atoms with E-state index in [2.05, 4.69) is 0 Å². The van der Waals surface area contributed by atoms with Crippen molar-refractivity contribution in [3.8, 4) is 17.2 Å². The highest BCUT2D eigenvalue weighted by Crippen LogP contribution is 2.57. The van der Waals surface area contributed by atoms with E-state index in [-0.39, 0.29) is 30.2 Å². The molecule has 0 atom stereocenters. The van der Waals surface area contributed by atoms with Crippen LogP contribution in [0.2, 0.25) is 10.0 Å². The van der Waals surface area contributed by atoms with E-state index in [4.69, 9.17) is 32.7 Å². The van der Waals surface area contributed by atoms with Gasteiger partial charge < -0.3 is 9.47 Å². The number of hydrogen-bond donors (Lipinski definition) is 0. The SMILES string of the molecule is CCCOc1cc(Oc2c(Cl)cc(C(F)(F)C(F)(F)C(F)(F)C(F)(F)F)cc2Cl)ccc1[N+](=O)[O-]. The van der Waals surface area contributed by atoms with E-state index in [1.807, 2.05) is 0 Å². The van der Waals surface area contributed by atoms with E-state index in [1.54, 1.807) is 6.92 Å². The normalized spacial score (nSPS) is 13.0. The molecule has 0 fully saturated rings. The Hall–Kier alpha value is -2.61. The van der Waals surface area contributed by atoms with E-state index in [9.17, 15) is 49.6 Å². The van der Waals surface area contributed by atoms with Gasteiger partial charge in [-0.2, -0.15) is 39.5 Å². The molecule has 2 aromatic carbocycles. The zero-order chi connectivity index (χ0) is 27.0. The van der Waals surface area contributed by atoms with Crippen LogP contribution in [0.1, 0.15) is 18.9 Å². The number of hydrogen-bond acceptors (Lipinski definition) is 4. The van der Waals surface area contributed by atoms with Gasteiger partial charge in [-0.05, 0) is 24.6 Å². The van der Waals surface area contributed by atoms with Gasteiger partial charge in [0, 0.05) is 17.7 Å². The molecular formula is C19H12Cl2F9NO4. The Balaban J connectivity index is 2.48. The number of nitro benzene ring substituents is 1. The van der Waals surface area contributed by atoms with Crippen molar-refractivity contribution in [2.45, 2.75) is 37.3 Å². The second kappa shape index (κ2) is 9.80. The summed E-state index contributed by atoms with van der Waals surface area (Å²) in [6.45, 7) is 1.77. The molecule has 2 rings (SSSR count). The standard InChI is InChI=1S/C19H12Cl2F9NO4/c1-2-5-34-14-8-10(3-4-13(14)31(32)33)35-15-11(20)6-9(7-12(15)21)16(22,23)17(24,25)18(26,27)19(28,29)30/h3-4,6-8H,2,5H2,1H3. The van der Waals surface area contributed by atoms with Crippen LogP contribution < -0.4 is 9.47 Å². The van der Waals surface area contributed by atoms with Crippen LogP contribution in [0.3, 0.4) is 0 Å². The second-order valence-corrected chi connectivity index (χ2v) is 7.64. The van der Waals surface area contributed by atoms with E-state index in [1.165, 1.54) is 0 Å². The minimum atomic E-state index is -7.11. The lowest BCUT2D eigenvalue weighted by molar-refractivity contribution is -0.399. The molecule has 0 aliphatic heterocycles. The van der Waals surface area contributed by atoms with Crippen molar-refractivity contribution in [1.29, 1.82) is 0 Å². The summed E-state index contributed by atoms with van der Waals surface area (Å²) in [5.41, 5.74) is -2.52. The van der Waals surface area contributed by atoms with Crippen molar-refractivity contribution in [1.82, 2.24) is 0 Å². The van der Waals surface area contributed by atoms with E-state index < -0.39 is 55.9 Å². The first-order chi connectivity index (χ1) is 15.9. The lowest BCUT2D eigenvalue weighted by Gasteiger charge is -2.34. The summed E-state index contributed by atoms with van der Waals surface area (Å²) in [5.74, 6) is -21.3. The largest absolute Gasteiger partial charge is 0.487 e. The van der Waals surface area contributed by atoms with Gasteiger partial charge in [0.2, 0.25) is 5.75 Å². The maximum Gasteiger partial charge on any atom is 0.460 e. The fraction of sp³-hybridized carbons (Fsp3) is 0.368. The van der Waals surface area contributed by atoms with Gasteiger partial charge in [0.05, 0.1) is 21.6 Å². The highest BCUT2D eigenvalue weighted by Gasteiger charge is 2.82. The van der Waals surface area contributed by atoms with Gasteiger partial charge in [-0.25, -0.2) is 0 Å². The van der Waals surface area contributed by atoms with Gasteiger partial charge in [0.15, 0.2) is 5.75 Å². The van der Waals surface area contributed by atoms with Gasteiger partial charge in [-0.1, -0.05) is 30.1 Å². The summed E-state index contributed by atoms with van der Waals surface area (Å²) in [7, 11) is 0. The van der Waals surface area contributed by atoms with Crippen LogP contribution in [0, 0.1) is 10.1 Å². The summed E-state index contributed by atoms with van der Waals surface area (Å²) in [5, 5.41) is 9.16. The first-order valence-electron chi connectivity index (χ1n) is 9.17. The van der Waals surface area contributed by atoms with Gasteiger partial charge in [0.1, 0.15) is 5.75 Å². The Morgan fingerprint density at radius 1 is 0.914 bits per heavy atom. The Morgan fingerprint density at radius 2 is 1.46 bits per heavy atom. The Morgan fingerprint density at radius 3 is 1.91 bits per heavy atom. The lowest BCUT2D eigenvalue weighted by Crippen LogP contribution is -2.59. The molecule has 0 aromatic heterocycles. The quantitative estimate of drug-likeness (QED) is 0.176. The predicted molar refractivity (Wildman–Crippen MR) is 105 cm³/mol. The van der Waals surface area contributed by atoms with Crippen LogP contribution in [-0.2, 0) is 5.92 Å². The second-order valence-electron chi connectivity index (χ2n) is 6.83. The van der Waals surface area contributed by atoms with E-state index in [0.29, 0.717) is 6.42 Å². The third-order valence-corrected chi connectivity index (χ3v) is 4.88. The molecule has 0 saturated carbocycles. The summed E-state index contributed by atoms with van der Waals surface area (Å²) in [6.07, 6.45) is -6.53. The van der Waals surface area contributed by atoms with Crippen molar-refractivity contribution >= 4 is 28.9 Å². The smallest absolute Gasteiger partial charge is 0.460 e. The first kappa shape index (κ1) is 28.6. The molecule has 16 heteroatoms. The molecule has 35 heavy (non-hydrogen) atoms. The van der Waals surface area contributed by atoms with Gasteiger partial charge in [-0.15, -0.1) is 0 Å². The van der Waals surface area contributed by atoms with Crippen LogP contribution in [-0.4, -0.2) is 29.6 Å². The van der Waals surface area contributed by atoms with Crippen molar-refractivity contribution in [2.24, 2.45) is 0 Å². The van der Waals surface area contributed by atoms with Crippen molar-refractivity contribution < 1.29 is 53.9 Å². The minimum Gasteiger partial charge on any atom is -0.487 e. The number of alkyl halides is 9. The van der Waals surface area contributed by atoms with Crippen LogP contribution in [0.5, 0.6) is 17.2 Å². The van der Waals surface area contributed by atoms with Crippen molar-refractivity contribution in [2.75, 3.05) is 6.61 Å². The molecule has 2 aromatic rings. The summed E-state index contributed by atoms with van der Waals surface area (Å²) < 4.78 is 130. The average Bonchev–Trinajstić information content (AvgIpc) is 2.73. The van der Waals surface area contributed by atoms with Crippen LogP contribution >= 0.6 is 23.2 Å². The Labute approximate surface area is 200 Å². The fourth-order valence-corrected chi connectivity index (χ4v) is 3.11.